The smallest absolute Gasteiger partial charge is 0.870 e. The molecule has 0 amide bonds. The minimum atomic E-state index is -6.26. The molecule has 111 heavy (non-hydrogen) atoms. The van der Waals surface area contributed by atoms with Crippen molar-refractivity contribution in [3.05, 3.63) is 145 Å². The number of aliphatic hydroxyl groups is 1. The summed E-state index contributed by atoms with van der Waals surface area (Å²) >= 11 is 0. The van der Waals surface area contributed by atoms with Gasteiger partial charge in [0.15, 0.2) is 0 Å². The average Bonchev–Trinajstić information content (AvgIpc) is 1.49. The molecule has 36 heteroatoms. The maximum absolute atomic E-state index is 13.1. The van der Waals surface area contributed by atoms with Gasteiger partial charge < -0.3 is 45.1 Å². The number of aliphatic carboxylic acids is 1. The Morgan fingerprint density at radius 3 is 1.39 bits per heavy atom. The number of nitriles is 2. The van der Waals surface area contributed by atoms with E-state index in [1.54, 1.807) is 79.4 Å². The molecule has 12 rings (SSSR count). The van der Waals surface area contributed by atoms with E-state index < -0.39 is 95.5 Å². The van der Waals surface area contributed by atoms with Gasteiger partial charge in [-0.1, -0.05) is 67.6 Å². The fourth-order valence-corrected chi connectivity index (χ4v) is 12.7. The Labute approximate surface area is 660 Å². The van der Waals surface area contributed by atoms with Crippen molar-refractivity contribution in [1.29, 1.82) is 10.5 Å². The minimum absolute atomic E-state index is 0. The van der Waals surface area contributed by atoms with Crippen LogP contribution in [0.15, 0.2) is 122 Å². The number of esters is 2. The number of aromatic nitrogens is 4. The summed E-state index contributed by atoms with van der Waals surface area (Å²) in [5.74, 6) is -16.3. The Hall–Kier alpha value is -8.29. The van der Waals surface area contributed by atoms with Gasteiger partial charge in [0.1, 0.15) is 40.0 Å². The van der Waals surface area contributed by atoms with Gasteiger partial charge in [-0.2, -0.15) is 27.7 Å². The van der Waals surface area contributed by atoms with Crippen molar-refractivity contribution in [2.24, 2.45) is 47.2 Å². The predicted molar refractivity (Wildman–Crippen MR) is 388 cm³/mol. The number of alkyl halides is 10. The van der Waals surface area contributed by atoms with E-state index in [9.17, 15) is 85.4 Å². The van der Waals surface area contributed by atoms with Crippen molar-refractivity contribution in [2.45, 2.75) is 153 Å². The Kier molecular flexibility index (Phi) is 37.1. The number of ether oxygens (including phenoxy) is 2. The van der Waals surface area contributed by atoms with Crippen LogP contribution >= 0.6 is 0 Å². The average molecular weight is 1620 g/mol. The number of anilines is 2. The molecule has 4 saturated carbocycles. The van der Waals surface area contributed by atoms with Crippen LogP contribution in [0.3, 0.4) is 0 Å². The third kappa shape index (κ3) is 30.6. The van der Waals surface area contributed by atoms with Crippen LogP contribution in [-0.2, 0) is 38.5 Å². The van der Waals surface area contributed by atoms with Crippen molar-refractivity contribution >= 4 is 81.6 Å². The van der Waals surface area contributed by atoms with Gasteiger partial charge in [-0.3, -0.25) is 29.5 Å². The molecular weight excluding hydrogens is 1530 g/mol. The van der Waals surface area contributed by atoms with Crippen LogP contribution in [0.5, 0.6) is 0 Å². The Morgan fingerprint density at radius 1 is 0.631 bits per heavy atom. The molecule has 8 atom stereocenters. The summed E-state index contributed by atoms with van der Waals surface area (Å²) in [6, 6.07) is 29.4. The maximum Gasteiger partial charge on any atom is 1.00 e. The standard InChI is InChI=1S/C21H22F2N4O.C15H17N5.C12H12F2O2.C11H12O2.C5H9F3O4SSi.C5H6F2O2.C5H8F2O.CH4.Na.H2O/c1-13-6-14(7-17(28)8-16-9-21(16,22)23)12-27(11-13)18-3-2-15(10-24)19-20(18)26-5-4-25-19;1-10-6-12(17)9-20(8-10)13-3-2-11(7-16)14-15(13)19-5-4-18-14;13-12(14)8-10(12)6-7-16-11(15)9-4-2-1-3-5-9;1-2-3-9-13-11(12)10-7-5-4-6-8-10;1-14(2,3)12-4(9)5(6,7)13(8,10)11;6-5(7)2-3(5)1-4(8)9;6-5(7)3-4(5)1-2-8;;;/h2-5,13-14,16H,6-9,11-12H2,1H3;2-5,10,12H,6,8-9,17H2,1H3;1-5,10H,6-8H2;2,4-8H,1,3,9H2;1-3H3;3H,1-2H2,(H,8,9);4,8H,1-3H2;1H4;;1H2/q;;;;;;;;+1;/p-1/t13-,14-,16?;10-,12+;;;;;;;;/m00......../s1. The maximum atomic E-state index is 13.1. The first kappa shape index (κ1) is 96.9. The number of hydrogen-bond donors (Lipinski definition) is 3. The second-order valence-electron chi connectivity index (χ2n) is 28.1. The summed E-state index contributed by atoms with van der Waals surface area (Å²) in [4.78, 5) is 77.2. The summed E-state index contributed by atoms with van der Waals surface area (Å²) in [6.07, 6.45) is 10.8. The molecule has 0 bridgehead atoms. The normalized spacial score (nSPS) is 21.4. The zero-order chi connectivity index (χ0) is 80.2. The van der Waals surface area contributed by atoms with Crippen molar-refractivity contribution in [3.8, 4) is 12.1 Å². The van der Waals surface area contributed by atoms with Gasteiger partial charge in [0.2, 0.25) is 8.32 Å². The zero-order valence-electron chi connectivity index (χ0n) is 61.4. The summed E-state index contributed by atoms with van der Waals surface area (Å²) in [7, 11) is -8.93. The molecule has 4 aliphatic carbocycles. The summed E-state index contributed by atoms with van der Waals surface area (Å²) in [5, 5.41) is 29.6. The van der Waals surface area contributed by atoms with E-state index in [2.05, 4.69) is 66.7 Å². The quantitative estimate of drug-likeness (QED) is 0.0150. The van der Waals surface area contributed by atoms with E-state index >= 15 is 0 Å². The number of nitrogens with zero attached hydrogens (tertiary/aromatic N) is 8. The molecule has 6 aliphatic rings. The number of carboxylic acids is 1. The zero-order valence-corrected chi connectivity index (χ0v) is 65.2. The molecule has 2 saturated heterocycles. The number of hydrogen-bond acceptors (Lipinski definition) is 21. The molecule has 2 aliphatic heterocycles. The number of benzene rings is 4. The molecule has 4 unspecified atom stereocenters. The van der Waals surface area contributed by atoms with Crippen molar-refractivity contribution in [2.75, 3.05) is 55.8 Å². The fourth-order valence-electron chi connectivity index (χ4n) is 11.7. The summed E-state index contributed by atoms with van der Waals surface area (Å²) < 4.78 is 169. The number of Topliss-reactive ketones (excluding diaryl/α,β-unsaturated/α-hetero) is 1. The number of halogens is 11. The summed E-state index contributed by atoms with van der Waals surface area (Å²) in [5.41, 5.74) is 12.8. The van der Waals surface area contributed by atoms with Gasteiger partial charge in [-0.25, -0.2) is 49.5 Å². The van der Waals surface area contributed by atoms with E-state index in [-0.39, 0.29) is 124 Å². The van der Waals surface area contributed by atoms with Gasteiger partial charge >= 0.3 is 68.9 Å². The number of fused-ring (bicyclic) bond motifs is 2. The van der Waals surface area contributed by atoms with Crippen LogP contribution in [0.1, 0.15) is 130 Å². The molecule has 5 N–H and O–H groups in total. The number of carbonyl (C=O) groups is 5. The van der Waals surface area contributed by atoms with Crippen molar-refractivity contribution in [3.63, 3.8) is 0 Å². The Bertz CT molecular complexity index is 4280. The van der Waals surface area contributed by atoms with Crippen LogP contribution in [-0.4, -0.2) is 163 Å². The van der Waals surface area contributed by atoms with E-state index in [0.717, 1.165) is 49.4 Å². The number of piperidine rings is 2. The van der Waals surface area contributed by atoms with E-state index in [1.165, 1.54) is 19.6 Å². The molecular formula is C75H91F11N9NaO13SSi. The van der Waals surface area contributed by atoms with Gasteiger partial charge in [0.25, 0.3) is 23.7 Å². The minimum Gasteiger partial charge on any atom is -0.870 e. The third-order valence-corrected chi connectivity index (χ3v) is 19.1. The second-order valence-corrected chi connectivity index (χ2v) is 34.0. The van der Waals surface area contributed by atoms with Gasteiger partial charge in [-0.05, 0) is 118 Å². The molecule has 2 aromatic heterocycles. The predicted octanol–water partition coefficient (Wildman–Crippen LogP) is 11.8. The molecule has 4 heterocycles. The van der Waals surface area contributed by atoms with Crippen LogP contribution < -0.4 is 45.1 Å². The molecule has 602 valence electrons. The van der Waals surface area contributed by atoms with Gasteiger partial charge in [0.05, 0.1) is 53.3 Å². The molecule has 22 nitrogen and oxygen atoms in total. The molecule has 0 spiro atoms. The Morgan fingerprint density at radius 2 is 1.03 bits per heavy atom. The number of ketones is 1. The van der Waals surface area contributed by atoms with Crippen LogP contribution in [0.4, 0.5) is 59.2 Å². The topological polar surface area (TPSA) is 349 Å². The Balaban J connectivity index is 0.000000347. The number of carboxylic acid groups (broad SMARTS) is 1. The molecule has 6 aromatic rings. The van der Waals surface area contributed by atoms with Gasteiger partial charge in [0, 0.05) is 126 Å². The first-order valence-electron chi connectivity index (χ1n) is 34.6. The van der Waals surface area contributed by atoms with Crippen molar-refractivity contribution < 1.29 is 139 Å². The van der Waals surface area contributed by atoms with E-state index in [4.69, 9.17) is 30.7 Å². The first-order valence-corrected chi connectivity index (χ1v) is 39.3. The number of nitrogens with two attached hydrogens (primary N) is 1. The second kappa shape index (κ2) is 42.5. The van der Waals surface area contributed by atoms with Crippen LogP contribution in [0.25, 0.3) is 22.1 Å². The monoisotopic (exact) mass is 1620 g/mol. The number of rotatable bonds is 21. The van der Waals surface area contributed by atoms with E-state index in [1.807, 2.05) is 36.4 Å². The molecule has 6 fully saturated rings. The number of carbonyl (C=O) groups excluding carboxylic acids is 4. The van der Waals surface area contributed by atoms with E-state index in [0.29, 0.717) is 76.6 Å². The van der Waals surface area contributed by atoms with Gasteiger partial charge in [-0.15, -0.1) is 6.58 Å². The number of aliphatic hydroxyl groups excluding tert-OH is 1. The SMILES string of the molecule is C.C=CCCOC(=O)c1ccccc1.C[C@H]1C[C@@H](CC(=O)CC2CC2(F)F)CN(c2ccc(C#N)c3nccnc23)C1.C[C@H]1C[C@@H](N)CN(c2ccc(C#N)c3nccnc23)C1.C[Si](C)(C)OC(=O)C(F)(F)S(=O)(=O)F.O=C(O)CC1CC1(F)F.O=C(OCCC1CC1(F)F)c1ccccc1.OCCC1CC1(F)F.[Na+].[OH-]. The largest absolute Gasteiger partial charge is 1.00 e. The molecule has 4 aromatic carbocycles. The van der Waals surface area contributed by atoms with Crippen molar-refractivity contribution in [1.82, 2.24) is 19.9 Å². The fraction of sp³-hybridized carbons (Fsp3) is 0.507. The third-order valence-electron chi connectivity index (χ3n) is 17.5. The first-order chi connectivity index (χ1) is 50.6. The van der Waals surface area contributed by atoms with Crippen LogP contribution in [0, 0.1) is 64.1 Å². The summed E-state index contributed by atoms with van der Waals surface area (Å²) in [6.45, 7) is 15.7. The molecule has 0 radical (unpaired) electrons. The van der Waals surface area contributed by atoms with Crippen LogP contribution in [0.2, 0.25) is 19.6 Å².